The van der Waals surface area contributed by atoms with Crippen LogP contribution < -0.4 is 10.6 Å². The normalized spacial score (nSPS) is 13.0. The summed E-state index contributed by atoms with van der Waals surface area (Å²) in [6.45, 7) is 8.73. The summed E-state index contributed by atoms with van der Waals surface area (Å²) < 4.78 is 4.78. The number of nitrogens with one attached hydrogen (secondary N) is 2. The topological polar surface area (TPSA) is 84.5 Å². The highest BCUT2D eigenvalue weighted by atomic mass is 16.5. The number of amides is 2. The zero-order valence-electron chi connectivity index (χ0n) is 15.4. The van der Waals surface area contributed by atoms with E-state index in [0.717, 1.165) is 32.1 Å². The molecule has 0 aliphatic heterocycles. The first kappa shape index (κ1) is 22.1. The molecule has 0 aromatic carbocycles. The number of ether oxygens (including phenoxy) is 1. The minimum absolute atomic E-state index is 0.0777. The lowest BCUT2D eigenvalue weighted by molar-refractivity contribution is -0.145. The summed E-state index contributed by atoms with van der Waals surface area (Å²) in [4.78, 5) is 35.5. The van der Waals surface area contributed by atoms with Gasteiger partial charge in [-0.2, -0.15) is 0 Å². The van der Waals surface area contributed by atoms with Gasteiger partial charge in [0.25, 0.3) is 0 Å². The van der Waals surface area contributed by atoms with Gasteiger partial charge in [0.2, 0.25) is 11.8 Å². The van der Waals surface area contributed by atoms with Crippen molar-refractivity contribution in [1.82, 2.24) is 10.6 Å². The Bertz CT molecular complexity index is 421. The average Bonchev–Trinajstić information content (AvgIpc) is 2.53. The van der Waals surface area contributed by atoms with Crippen LogP contribution in [0.3, 0.4) is 0 Å². The number of carbonyl (C=O) groups is 3. The van der Waals surface area contributed by atoms with E-state index in [2.05, 4.69) is 17.2 Å². The summed E-state index contributed by atoms with van der Waals surface area (Å²) in [5, 5.41) is 5.33. The van der Waals surface area contributed by atoms with E-state index in [9.17, 15) is 14.4 Å². The fraction of sp³-hybridized carbons (Fsp3) is 0.722. The van der Waals surface area contributed by atoms with E-state index in [1.54, 1.807) is 0 Å². The first-order valence-electron chi connectivity index (χ1n) is 8.59. The molecule has 0 fully saturated rings. The van der Waals surface area contributed by atoms with Crippen LogP contribution in [0.25, 0.3) is 0 Å². The third-order valence-electron chi connectivity index (χ3n) is 3.76. The van der Waals surface area contributed by atoms with E-state index in [0.29, 0.717) is 6.42 Å². The number of esters is 1. The molecule has 0 aromatic heterocycles. The number of rotatable bonds is 12. The Kier molecular flexibility index (Phi) is 11.6. The Morgan fingerprint density at radius 1 is 1.08 bits per heavy atom. The zero-order chi connectivity index (χ0) is 18.5. The highest BCUT2D eigenvalue weighted by Gasteiger charge is 2.28. The van der Waals surface area contributed by atoms with E-state index in [-0.39, 0.29) is 17.7 Å². The summed E-state index contributed by atoms with van der Waals surface area (Å²) in [5.41, 5.74) is 0. The number of hydrogen-bond donors (Lipinski definition) is 2. The van der Waals surface area contributed by atoms with Crippen molar-refractivity contribution in [1.29, 1.82) is 0 Å². The van der Waals surface area contributed by atoms with Crippen LogP contribution in [0.15, 0.2) is 12.7 Å². The Labute approximate surface area is 145 Å². The van der Waals surface area contributed by atoms with Crippen molar-refractivity contribution in [3.8, 4) is 0 Å². The van der Waals surface area contributed by atoms with Gasteiger partial charge in [-0.15, -0.1) is 6.58 Å². The molecule has 6 nitrogen and oxygen atoms in total. The van der Waals surface area contributed by atoms with Crippen molar-refractivity contribution >= 4 is 17.8 Å². The van der Waals surface area contributed by atoms with Crippen molar-refractivity contribution in [3.63, 3.8) is 0 Å². The quantitative estimate of drug-likeness (QED) is 0.324. The van der Waals surface area contributed by atoms with Crippen LogP contribution in [0, 0.1) is 5.92 Å². The summed E-state index contributed by atoms with van der Waals surface area (Å²) in [5.74, 6) is -1.17. The van der Waals surface area contributed by atoms with Gasteiger partial charge >= 0.3 is 5.97 Å². The highest BCUT2D eigenvalue weighted by molar-refractivity contribution is 5.90. The molecule has 0 aliphatic carbocycles. The minimum atomic E-state index is -0.683. The second-order valence-corrected chi connectivity index (χ2v) is 6.29. The zero-order valence-corrected chi connectivity index (χ0v) is 15.4. The molecule has 2 N–H and O–H groups in total. The molecule has 2 amide bonds. The fourth-order valence-corrected chi connectivity index (χ4v) is 2.40. The Morgan fingerprint density at radius 2 is 1.71 bits per heavy atom. The maximum atomic E-state index is 12.4. The van der Waals surface area contributed by atoms with E-state index in [1.807, 2.05) is 19.9 Å². The first-order chi connectivity index (χ1) is 11.3. The van der Waals surface area contributed by atoms with Gasteiger partial charge < -0.3 is 15.4 Å². The summed E-state index contributed by atoms with van der Waals surface area (Å²) in [7, 11) is 1.30. The Hall–Kier alpha value is -1.85. The molecule has 138 valence electrons. The van der Waals surface area contributed by atoms with Crippen LogP contribution in [0.5, 0.6) is 0 Å². The SMILES string of the molecule is C=CCCCCCC[C@H](NC(=O)[C@H](NC(C)=O)C(C)C)C(=O)OC. The second-order valence-electron chi connectivity index (χ2n) is 6.29. The standard InChI is InChI=1S/C18H32N2O4/c1-6-7-8-9-10-11-12-15(18(23)24-5)20-17(22)16(13(2)3)19-14(4)21/h6,13,15-16H,1,7-12H2,2-5H3,(H,19,21)(H,20,22)/t15-,16+/m0/s1. The van der Waals surface area contributed by atoms with Crippen molar-refractivity contribution in [2.75, 3.05) is 7.11 Å². The van der Waals surface area contributed by atoms with Crippen LogP contribution in [-0.4, -0.2) is 37.0 Å². The smallest absolute Gasteiger partial charge is 0.328 e. The van der Waals surface area contributed by atoms with Gasteiger partial charge in [-0.05, 0) is 25.2 Å². The molecule has 6 heteroatoms. The lowest BCUT2D eigenvalue weighted by atomic mass is 10.0. The maximum Gasteiger partial charge on any atom is 0.328 e. The van der Waals surface area contributed by atoms with Crippen LogP contribution in [-0.2, 0) is 19.1 Å². The summed E-state index contributed by atoms with van der Waals surface area (Å²) in [6, 6.07) is -1.35. The molecular formula is C18H32N2O4. The van der Waals surface area contributed by atoms with Crippen LogP contribution in [0.1, 0.15) is 59.3 Å². The van der Waals surface area contributed by atoms with Crippen LogP contribution in [0.4, 0.5) is 0 Å². The van der Waals surface area contributed by atoms with Gasteiger partial charge in [0, 0.05) is 6.92 Å². The molecule has 24 heavy (non-hydrogen) atoms. The molecule has 2 atom stereocenters. The molecular weight excluding hydrogens is 308 g/mol. The third kappa shape index (κ3) is 9.33. The van der Waals surface area contributed by atoms with E-state index in [4.69, 9.17) is 4.74 Å². The highest BCUT2D eigenvalue weighted by Crippen LogP contribution is 2.10. The van der Waals surface area contributed by atoms with Gasteiger partial charge in [-0.3, -0.25) is 9.59 Å². The lowest BCUT2D eigenvalue weighted by Crippen LogP contribution is -2.53. The lowest BCUT2D eigenvalue weighted by Gasteiger charge is -2.24. The summed E-state index contributed by atoms with van der Waals surface area (Å²) >= 11 is 0. The van der Waals surface area contributed by atoms with Gasteiger partial charge in [0.05, 0.1) is 7.11 Å². The number of methoxy groups -OCH3 is 1. The molecule has 0 bridgehead atoms. The first-order valence-corrected chi connectivity index (χ1v) is 8.59. The predicted molar refractivity (Wildman–Crippen MR) is 94.3 cm³/mol. The molecule has 0 aliphatic rings. The monoisotopic (exact) mass is 340 g/mol. The number of allylic oxidation sites excluding steroid dienone is 1. The molecule has 0 heterocycles. The molecule has 0 rings (SSSR count). The molecule has 0 aromatic rings. The molecule has 0 radical (unpaired) electrons. The Morgan fingerprint density at radius 3 is 2.21 bits per heavy atom. The Balaban J connectivity index is 4.58. The van der Waals surface area contributed by atoms with Gasteiger partial charge in [0.1, 0.15) is 12.1 Å². The van der Waals surface area contributed by atoms with E-state index < -0.39 is 18.1 Å². The average molecular weight is 340 g/mol. The van der Waals surface area contributed by atoms with Crippen LogP contribution in [0.2, 0.25) is 0 Å². The number of carbonyl (C=O) groups excluding carboxylic acids is 3. The number of unbranched alkanes of at least 4 members (excludes halogenated alkanes) is 4. The van der Waals surface area contributed by atoms with Gasteiger partial charge in [0.15, 0.2) is 0 Å². The largest absolute Gasteiger partial charge is 0.467 e. The van der Waals surface area contributed by atoms with Gasteiger partial charge in [-0.25, -0.2) is 4.79 Å². The van der Waals surface area contributed by atoms with E-state index in [1.165, 1.54) is 14.0 Å². The van der Waals surface area contributed by atoms with E-state index >= 15 is 0 Å². The molecule has 0 saturated carbocycles. The second kappa shape index (κ2) is 12.6. The van der Waals surface area contributed by atoms with Crippen molar-refractivity contribution in [2.45, 2.75) is 71.4 Å². The summed E-state index contributed by atoms with van der Waals surface area (Å²) in [6.07, 6.45) is 7.36. The fourth-order valence-electron chi connectivity index (χ4n) is 2.40. The van der Waals surface area contributed by atoms with Gasteiger partial charge in [-0.1, -0.05) is 39.2 Å². The van der Waals surface area contributed by atoms with Crippen molar-refractivity contribution < 1.29 is 19.1 Å². The third-order valence-corrected chi connectivity index (χ3v) is 3.76. The van der Waals surface area contributed by atoms with Crippen molar-refractivity contribution in [3.05, 3.63) is 12.7 Å². The minimum Gasteiger partial charge on any atom is -0.467 e. The molecule has 0 saturated heterocycles. The predicted octanol–water partition coefficient (Wildman–Crippen LogP) is 2.33. The maximum absolute atomic E-state index is 12.4. The molecule has 0 unspecified atom stereocenters. The number of hydrogen-bond acceptors (Lipinski definition) is 4. The van der Waals surface area contributed by atoms with Crippen molar-refractivity contribution in [2.24, 2.45) is 5.92 Å². The van der Waals surface area contributed by atoms with Crippen LogP contribution >= 0.6 is 0 Å². The molecule has 0 spiro atoms.